The van der Waals surface area contributed by atoms with Crippen LogP contribution in [0.25, 0.3) is 0 Å². The van der Waals surface area contributed by atoms with Gasteiger partial charge in [-0.05, 0) is 51.1 Å². The van der Waals surface area contributed by atoms with E-state index in [9.17, 15) is 4.79 Å². The number of likely N-dealkylation sites (tertiary alicyclic amines) is 1. The largest absolute Gasteiger partial charge is 0.359 e. The van der Waals surface area contributed by atoms with E-state index in [1.807, 2.05) is 0 Å². The van der Waals surface area contributed by atoms with Crippen molar-refractivity contribution in [3.05, 3.63) is 0 Å². The first-order valence-corrected chi connectivity index (χ1v) is 10.9. The van der Waals surface area contributed by atoms with Gasteiger partial charge in [-0.2, -0.15) is 0 Å². The number of hydrogen-bond acceptors (Lipinski definition) is 3. The zero-order valence-electron chi connectivity index (χ0n) is 19.0. The van der Waals surface area contributed by atoms with Crippen LogP contribution in [0.15, 0.2) is 4.99 Å². The first kappa shape index (κ1) is 27.4. The van der Waals surface area contributed by atoms with Gasteiger partial charge in [0.15, 0.2) is 5.96 Å². The Hall–Kier alpha value is -0.570. The van der Waals surface area contributed by atoms with Gasteiger partial charge in [-0.25, -0.2) is 0 Å². The second-order valence-corrected chi connectivity index (χ2v) is 8.01. The Labute approximate surface area is 190 Å². The lowest BCUT2D eigenvalue weighted by molar-refractivity contribution is -0.121. The number of guanidine groups is 1. The number of hydrogen-bond donors (Lipinski definition) is 2. The molecule has 0 aliphatic carbocycles. The summed E-state index contributed by atoms with van der Waals surface area (Å²) in [6.45, 7) is 17.0. The second-order valence-electron chi connectivity index (χ2n) is 8.01. The van der Waals surface area contributed by atoms with Crippen LogP contribution in [0.1, 0.15) is 60.3 Å². The van der Waals surface area contributed by atoms with E-state index in [2.05, 4.69) is 55.1 Å². The number of piperidine rings is 1. The molecule has 2 N–H and O–H groups in total. The Balaban J connectivity index is 0.00000729. The Bertz CT molecular complexity index is 446. The van der Waals surface area contributed by atoms with Gasteiger partial charge in [0.25, 0.3) is 0 Å². The number of likely N-dealkylation sites (N-methyl/N-ethyl adjacent to an activating group) is 1. The van der Waals surface area contributed by atoms with Gasteiger partial charge in [-0.3, -0.25) is 14.7 Å². The zero-order chi connectivity index (χ0) is 20.2. The smallest absolute Gasteiger partial charge is 0.220 e. The van der Waals surface area contributed by atoms with Crippen LogP contribution in [-0.2, 0) is 4.79 Å². The summed E-state index contributed by atoms with van der Waals surface area (Å²) in [5, 5.41) is 6.22. The van der Waals surface area contributed by atoms with Crippen molar-refractivity contribution in [3.8, 4) is 0 Å². The van der Waals surface area contributed by atoms with Crippen molar-refractivity contribution in [2.45, 2.75) is 66.3 Å². The molecule has 1 atom stereocenters. The summed E-state index contributed by atoms with van der Waals surface area (Å²) in [5.41, 5.74) is 0. The molecule has 28 heavy (non-hydrogen) atoms. The van der Waals surface area contributed by atoms with Gasteiger partial charge in [0.2, 0.25) is 5.91 Å². The fourth-order valence-electron chi connectivity index (χ4n) is 3.95. The van der Waals surface area contributed by atoms with Crippen molar-refractivity contribution in [2.24, 2.45) is 16.8 Å². The highest BCUT2D eigenvalue weighted by molar-refractivity contribution is 14.0. The molecule has 0 saturated carbocycles. The molecule has 166 valence electrons. The Morgan fingerprint density at radius 1 is 1.18 bits per heavy atom. The summed E-state index contributed by atoms with van der Waals surface area (Å²) in [4.78, 5) is 21.5. The summed E-state index contributed by atoms with van der Waals surface area (Å²) in [7, 11) is 1.72. The fourth-order valence-corrected chi connectivity index (χ4v) is 3.95. The summed E-state index contributed by atoms with van der Waals surface area (Å²) in [6.07, 6.45) is 3.95. The van der Waals surface area contributed by atoms with Crippen LogP contribution in [0.4, 0.5) is 0 Å². The standard InChI is InChI=1S/C21H43N5O.HI/c1-7-23-21(24-16-19(14-17(4)5)25(8-2)9-3)26-12-10-18(11-13-26)15-20(27)22-6;/h17-19H,7-16H2,1-6H3,(H,22,27)(H,23,24);1H. The quantitative estimate of drug-likeness (QED) is 0.270. The molecule has 0 bridgehead atoms. The van der Waals surface area contributed by atoms with Crippen LogP contribution in [0, 0.1) is 11.8 Å². The summed E-state index contributed by atoms with van der Waals surface area (Å²) in [5.74, 6) is 2.36. The first-order valence-electron chi connectivity index (χ1n) is 10.9. The molecule has 1 saturated heterocycles. The summed E-state index contributed by atoms with van der Waals surface area (Å²) < 4.78 is 0. The Morgan fingerprint density at radius 3 is 2.25 bits per heavy atom. The molecular formula is C21H44IN5O. The van der Waals surface area contributed by atoms with E-state index in [1.54, 1.807) is 7.05 Å². The van der Waals surface area contributed by atoms with E-state index in [1.165, 1.54) is 6.42 Å². The van der Waals surface area contributed by atoms with Crippen molar-refractivity contribution < 1.29 is 4.79 Å². The average molecular weight is 510 g/mol. The van der Waals surface area contributed by atoms with Gasteiger partial charge in [-0.1, -0.05) is 27.7 Å². The third kappa shape index (κ3) is 9.76. The van der Waals surface area contributed by atoms with E-state index in [0.717, 1.165) is 58.1 Å². The molecule has 0 spiro atoms. The molecule has 7 heteroatoms. The predicted octanol–water partition coefficient (Wildman–Crippen LogP) is 3.17. The van der Waals surface area contributed by atoms with Crippen LogP contribution >= 0.6 is 24.0 Å². The highest BCUT2D eigenvalue weighted by Gasteiger charge is 2.24. The number of carbonyl (C=O) groups is 1. The lowest BCUT2D eigenvalue weighted by Gasteiger charge is -2.35. The highest BCUT2D eigenvalue weighted by atomic mass is 127. The van der Waals surface area contributed by atoms with Gasteiger partial charge >= 0.3 is 0 Å². The minimum atomic E-state index is 0. The molecule has 1 aliphatic heterocycles. The maximum Gasteiger partial charge on any atom is 0.220 e. The summed E-state index contributed by atoms with van der Waals surface area (Å²) in [6, 6.07) is 0.499. The van der Waals surface area contributed by atoms with Gasteiger partial charge in [0, 0.05) is 39.1 Å². The number of aliphatic imine (C=N–C) groups is 1. The number of amides is 1. The number of carbonyl (C=O) groups excluding carboxylic acids is 1. The lowest BCUT2D eigenvalue weighted by Crippen LogP contribution is -2.47. The molecule has 0 radical (unpaired) electrons. The molecule has 1 aliphatic rings. The van der Waals surface area contributed by atoms with E-state index >= 15 is 0 Å². The van der Waals surface area contributed by atoms with E-state index < -0.39 is 0 Å². The molecule has 6 nitrogen and oxygen atoms in total. The number of halogens is 1. The lowest BCUT2D eigenvalue weighted by atomic mass is 9.93. The van der Waals surface area contributed by atoms with Gasteiger partial charge < -0.3 is 15.5 Å². The molecule has 1 amide bonds. The van der Waals surface area contributed by atoms with Crippen LogP contribution in [0.3, 0.4) is 0 Å². The maximum atomic E-state index is 11.6. The number of nitrogens with zero attached hydrogens (tertiary/aromatic N) is 3. The van der Waals surface area contributed by atoms with Crippen molar-refractivity contribution in [3.63, 3.8) is 0 Å². The van der Waals surface area contributed by atoms with Gasteiger partial charge in [-0.15, -0.1) is 24.0 Å². The zero-order valence-corrected chi connectivity index (χ0v) is 21.3. The van der Waals surface area contributed by atoms with Crippen molar-refractivity contribution in [2.75, 3.05) is 46.3 Å². The first-order chi connectivity index (χ1) is 12.9. The van der Waals surface area contributed by atoms with Gasteiger partial charge in [0.05, 0.1) is 6.54 Å². The number of rotatable bonds is 10. The van der Waals surface area contributed by atoms with Crippen molar-refractivity contribution in [1.29, 1.82) is 0 Å². The maximum absolute atomic E-state index is 11.6. The molecule has 1 rings (SSSR count). The van der Waals surface area contributed by atoms with E-state index in [4.69, 9.17) is 4.99 Å². The molecule has 0 aromatic rings. The molecule has 0 aromatic carbocycles. The molecule has 1 fully saturated rings. The Morgan fingerprint density at radius 2 is 1.79 bits per heavy atom. The molecular weight excluding hydrogens is 465 g/mol. The highest BCUT2D eigenvalue weighted by Crippen LogP contribution is 2.20. The van der Waals surface area contributed by atoms with Crippen molar-refractivity contribution in [1.82, 2.24) is 20.4 Å². The van der Waals surface area contributed by atoms with E-state index in [-0.39, 0.29) is 29.9 Å². The topological polar surface area (TPSA) is 60.0 Å². The van der Waals surface area contributed by atoms with Crippen LogP contribution < -0.4 is 10.6 Å². The summed E-state index contributed by atoms with van der Waals surface area (Å²) >= 11 is 0. The van der Waals surface area contributed by atoms with Gasteiger partial charge in [0.1, 0.15) is 0 Å². The SMILES string of the molecule is CCNC(=NCC(CC(C)C)N(CC)CC)N1CCC(CC(=O)NC)CC1.I. The van der Waals surface area contributed by atoms with Crippen molar-refractivity contribution >= 4 is 35.8 Å². The number of nitrogens with one attached hydrogen (secondary N) is 2. The monoisotopic (exact) mass is 509 g/mol. The molecule has 1 unspecified atom stereocenters. The van der Waals surface area contributed by atoms with E-state index in [0.29, 0.717) is 24.3 Å². The third-order valence-electron chi connectivity index (χ3n) is 5.53. The minimum absolute atomic E-state index is 0. The normalized spacial score (nSPS) is 16.9. The third-order valence-corrected chi connectivity index (χ3v) is 5.53. The predicted molar refractivity (Wildman–Crippen MR) is 131 cm³/mol. The average Bonchev–Trinajstić information content (AvgIpc) is 2.66. The van der Waals surface area contributed by atoms with Crippen LogP contribution in [0.5, 0.6) is 0 Å². The second kappa shape index (κ2) is 15.3. The van der Waals surface area contributed by atoms with Crippen LogP contribution in [-0.4, -0.2) is 74.0 Å². The molecule has 1 heterocycles. The molecule has 0 aromatic heterocycles. The van der Waals surface area contributed by atoms with Crippen LogP contribution in [0.2, 0.25) is 0 Å². The Kier molecular flexibility index (Phi) is 15.0. The minimum Gasteiger partial charge on any atom is -0.359 e. The fraction of sp³-hybridized carbons (Fsp3) is 0.905.